The zero-order valence-corrected chi connectivity index (χ0v) is 22.4. The minimum atomic E-state index is 1.14. The van der Waals surface area contributed by atoms with Gasteiger partial charge < -0.3 is 9.80 Å². The molecule has 0 aliphatic heterocycles. The monoisotopic (exact) mass is 480 g/mol. The summed E-state index contributed by atoms with van der Waals surface area (Å²) < 4.78 is 0. The first-order valence-electron chi connectivity index (χ1n) is 12.9. The molecule has 182 valence electrons. The van der Waals surface area contributed by atoms with Crippen molar-refractivity contribution in [3.8, 4) is 0 Å². The van der Waals surface area contributed by atoms with E-state index < -0.39 is 0 Å². The quantitative estimate of drug-likeness (QED) is 0.227. The normalized spacial score (nSPS) is 10.8. The highest BCUT2D eigenvalue weighted by Gasteiger charge is 2.18. The van der Waals surface area contributed by atoms with Crippen molar-refractivity contribution in [3.63, 3.8) is 0 Å². The van der Waals surface area contributed by atoms with Crippen LogP contribution in [-0.4, -0.2) is 7.85 Å². The summed E-state index contributed by atoms with van der Waals surface area (Å²) in [7, 11) is 2.18. The lowest BCUT2D eigenvalue weighted by molar-refractivity contribution is 1.23. The molecule has 3 heteroatoms. The van der Waals surface area contributed by atoms with Gasteiger partial charge in [0.25, 0.3) is 0 Å². The van der Waals surface area contributed by atoms with E-state index in [4.69, 9.17) is 0 Å². The molecule has 0 saturated carbocycles. The van der Waals surface area contributed by atoms with Crippen molar-refractivity contribution in [1.29, 1.82) is 0 Å². The minimum Gasteiger partial charge on any atom is -0.310 e. The van der Waals surface area contributed by atoms with E-state index in [2.05, 4.69) is 161 Å². The highest BCUT2D eigenvalue weighted by Crippen LogP contribution is 2.40. The maximum absolute atomic E-state index is 2.36. The van der Waals surface area contributed by atoms with E-state index in [1.165, 1.54) is 27.7 Å². The van der Waals surface area contributed by atoms with Crippen LogP contribution in [0.15, 0.2) is 115 Å². The van der Waals surface area contributed by atoms with E-state index in [0.717, 1.165) is 34.1 Å². The second-order valence-corrected chi connectivity index (χ2v) is 10.1. The van der Waals surface area contributed by atoms with Gasteiger partial charge in [-0.1, -0.05) is 54.0 Å². The third-order valence-electron chi connectivity index (χ3n) is 6.60. The Bertz CT molecular complexity index is 1350. The molecule has 0 N–H and O–H groups in total. The van der Waals surface area contributed by atoms with E-state index in [-0.39, 0.29) is 0 Å². The Morgan fingerprint density at radius 1 is 0.378 bits per heavy atom. The Hall–Kier alpha value is -4.24. The van der Waals surface area contributed by atoms with Gasteiger partial charge in [-0.3, -0.25) is 0 Å². The average molecular weight is 480 g/mol. The lowest BCUT2D eigenvalue weighted by Gasteiger charge is -2.30. The molecule has 0 fully saturated rings. The first-order chi connectivity index (χ1) is 17.9. The molecular formula is C34H33BN2. The van der Waals surface area contributed by atoms with E-state index in [1.54, 1.807) is 0 Å². The smallest absolute Gasteiger partial charge is 0.139 e. The summed E-state index contributed by atoms with van der Waals surface area (Å²) in [5, 5.41) is 0. The summed E-state index contributed by atoms with van der Waals surface area (Å²) >= 11 is 0. The maximum atomic E-state index is 2.36. The van der Waals surface area contributed by atoms with Gasteiger partial charge in [-0.15, -0.1) is 0 Å². The molecule has 37 heavy (non-hydrogen) atoms. The zero-order valence-electron chi connectivity index (χ0n) is 22.4. The summed E-state index contributed by atoms with van der Waals surface area (Å²) in [4.78, 5) is 4.72. The van der Waals surface area contributed by atoms with Gasteiger partial charge in [-0.25, -0.2) is 0 Å². The van der Waals surface area contributed by atoms with Gasteiger partial charge >= 0.3 is 0 Å². The molecule has 0 unspecified atom stereocenters. The van der Waals surface area contributed by atoms with E-state index in [0.29, 0.717) is 0 Å². The van der Waals surface area contributed by atoms with Crippen LogP contribution in [0.3, 0.4) is 0 Å². The Kier molecular flexibility index (Phi) is 6.88. The van der Waals surface area contributed by atoms with Crippen LogP contribution in [0.4, 0.5) is 34.1 Å². The topological polar surface area (TPSA) is 6.48 Å². The summed E-state index contributed by atoms with van der Waals surface area (Å²) in [5.74, 6) is 0. The standard InChI is InChI=1S/C34H33BN2/c1-24-9-5-13-29(17-24)36(30-14-6-10-25(2)18-30)33-21-28(35)22-34(23-33)37(31-15-7-11-26(3)19-31)32-16-8-12-27(4)20-32/h5-23H,35H2,1-4H3. The van der Waals surface area contributed by atoms with Crippen molar-refractivity contribution < 1.29 is 0 Å². The zero-order chi connectivity index (χ0) is 25.9. The van der Waals surface area contributed by atoms with Crippen LogP contribution in [-0.2, 0) is 0 Å². The predicted molar refractivity (Wildman–Crippen MR) is 163 cm³/mol. The Labute approximate surface area is 222 Å². The molecule has 0 radical (unpaired) electrons. The number of hydrogen-bond donors (Lipinski definition) is 0. The molecule has 5 aromatic carbocycles. The highest BCUT2D eigenvalue weighted by molar-refractivity contribution is 6.33. The van der Waals surface area contributed by atoms with Crippen LogP contribution >= 0.6 is 0 Å². The third kappa shape index (κ3) is 5.46. The van der Waals surface area contributed by atoms with E-state index in [9.17, 15) is 0 Å². The summed E-state index contributed by atoms with van der Waals surface area (Å²) in [6.45, 7) is 8.60. The van der Waals surface area contributed by atoms with Gasteiger partial charge in [-0.2, -0.15) is 0 Å². The van der Waals surface area contributed by atoms with Crippen LogP contribution in [0.2, 0.25) is 0 Å². The van der Waals surface area contributed by atoms with Crippen molar-refractivity contribution >= 4 is 47.4 Å². The largest absolute Gasteiger partial charge is 0.310 e. The molecule has 0 spiro atoms. The minimum absolute atomic E-state index is 1.14. The van der Waals surface area contributed by atoms with Crippen LogP contribution in [0, 0.1) is 27.7 Å². The average Bonchev–Trinajstić information content (AvgIpc) is 2.84. The maximum Gasteiger partial charge on any atom is 0.139 e. The van der Waals surface area contributed by atoms with Crippen LogP contribution in [0.25, 0.3) is 0 Å². The van der Waals surface area contributed by atoms with Gasteiger partial charge in [-0.05, 0) is 117 Å². The first kappa shape index (κ1) is 24.5. The number of anilines is 6. The van der Waals surface area contributed by atoms with E-state index in [1.807, 2.05) is 0 Å². The molecule has 0 bridgehead atoms. The van der Waals surface area contributed by atoms with Gasteiger partial charge in [0.1, 0.15) is 7.85 Å². The molecule has 0 aromatic heterocycles. The lowest BCUT2D eigenvalue weighted by Crippen LogP contribution is -2.17. The molecule has 5 rings (SSSR count). The number of benzene rings is 5. The molecule has 2 nitrogen and oxygen atoms in total. The first-order valence-corrected chi connectivity index (χ1v) is 12.9. The molecule has 0 heterocycles. The van der Waals surface area contributed by atoms with Gasteiger partial charge in [0.05, 0.1) is 0 Å². The van der Waals surface area contributed by atoms with Gasteiger partial charge in [0.15, 0.2) is 0 Å². The van der Waals surface area contributed by atoms with Gasteiger partial charge in [0, 0.05) is 34.1 Å². The van der Waals surface area contributed by atoms with Crippen LogP contribution in [0.5, 0.6) is 0 Å². The van der Waals surface area contributed by atoms with Gasteiger partial charge in [0.2, 0.25) is 0 Å². The number of rotatable bonds is 6. The molecule has 0 saturated heterocycles. The molecule has 0 atom stereocenters. The number of nitrogens with zero attached hydrogens (tertiary/aromatic N) is 2. The Morgan fingerprint density at radius 2 is 0.676 bits per heavy atom. The molecule has 0 aliphatic rings. The number of aryl methyl sites for hydroxylation is 4. The SMILES string of the molecule is Bc1cc(N(c2cccc(C)c2)c2cccc(C)c2)cc(N(c2cccc(C)c2)c2cccc(C)c2)c1. The third-order valence-corrected chi connectivity index (χ3v) is 6.60. The van der Waals surface area contributed by atoms with Crippen molar-refractivity contribution in [2.24, 2.45) is 0 Å². The van der Waals surface area contributed by atoms with Crippen molar-refractivity contribution in [2.45, 2.75) is 27.7 Å². The summed E-state index contributed by atoms with van der Waals surface area (Å²) in [6, 6.07) is 41.8. The second kappa shape index (κ2) is 10.4. The predicted octanol–water partition coefficient (Wildman–Crippen LogP) is 8.12. The van der Waals surface area contributed by atoms with E-state index >= 15 is 0 Å². The summed E-state index contributed by atoms with van der Waals surface area (Å²) in [5.41, 5.74) is 13.1. The fourth-order valence-electron chi connectivity index (χ4n) is 4.96. The Balaban J connectivity index is 1.73. The lowest BCUT2D eigenvalue weighted by atomic mass is 9.94. The molecule has 5 aromatic rings. The fourth-order valence-corrected chi connectivity index (χ4v) is 4.96. The molecule has 0 aliphatic carbocycles. The van der Waals surface area contributed by atoms with Crippen molar-refractivity contribution in [3.05, 3.63) is 138 Å². The van der Waals surface area contributed by atoms with Crippen LogP contribution in [0.1, 0.15) is 22.3 Å². The highest BCUT2D eigenvalue weighted by atomic mass is 15.2. The number of hydrogen-bond acceptors (Lipinski definition) is 2. The molecular weight excluding hydrogens is 447 g/mol. The second-order valence-electron chi connectivity index (χ2n) is 10.1. The van der Waals surface area contributed by atoms with Crippen molar-refractivity contribution in [1.82, 2.24) is 0 Å². The van der Waals surface area contributed by atoms with Crippen LogP contribution < -0.4 is 15.3 Å². The molecule has 0 amide bonds. The fraction of sp³-hybridized carbons (Fsp3) is 0.118. The summed E-state index contributed by atoms with van der Waals surface area (Å²) in [6.07, 6.45) is 0. The Morgan fingerprint density at radius 3 is 0.946 bits per heavy atom. The van der Waals surface area contributed by atoms with Crippen molar-refractivity contribution in [2.75, 3.05) is 9.80 Å².